The van der Waals surface area contributed by atoms with E-state index in [4.69, 9.17) is 0 Å². The van der Waals surface area contributed by atoms with Crippen LogP contribution in [0, 0.1) is 0 Å². The van der Waals surface area contributed by atoms with Gasteiger partial charge in [0.15, 0.2) is 0 Å². The molecule has 76 valence electrons. The van der Waals surface area contributed by atoms with Crippen molar-refractivity contribution in [3.8, 4) is 0 Å². The van der Waals surface area contributed by atoms with Crippen LogP contribution in [0.2, 0.25) is 0 Å². The first-order valence-corrected chi connectivity index (χ1v) is 4.64. The smallest absolute Gasteiger partial charge is 0.245 e. The molecule has 0 aromatic heterocycles. The zero-order chi connectivity index (χ0) is 10.3. The van der Waals surface area contributed by atoms with Crippen LogP contribution in [0.3, 0.4) is 0 Å². The van der Waals surface area contributed by atoms with Gasteiger partial charge in [0, 0.05) is 26.7 Å². The highest BCUT2D eigenvalue weighted by molar-refractivity contribution is 5.87. The molecule has 0 saturated carbocycles. The highest BCUT2D eigenvalue weighted by atomic mass is 16.2. The zero-order valence-corrected chi connectivity index (χ0v) is 9.08. The third-order valence-electron chi connectivity index (χ3n) is 1.72. The maximum absolute atomic E-state index is 11.1. The fraction of sp³-hybridized carbons (Fsp3) is 0.700. The topological polar surface area (TPSA) is 23.6 Å². The van der Waals surface area contributed by atoms with E-state index in [0.717, 1.165) is 19.5 Å². The van der Waals surface area contributed by atoms with E-state index >= 15 is 0 Å². The van der Waals surface area contributed by atoms with Gasteiger partial charge in [0.25, 0.3) is 0 Å². The van der Waals surface area contributed by atoms with Crippen LogP contribution >= 0.6 is 0 Å². The van der Waals surface area contributed by atoms with Crippen molar-refractivity contribution in [1.82, 2.24) is 9.80 Å². The Morgan fingerprint density at radius 3 is 2.38 bits per heavy atom. The molecule has 0 radical (unpaired) electrons. The lowest BCUT2D eigenvalue weighted by Gasteiger charge is -2.12. The molecular weight excluding hydrogens is 164 g/mol. The predicted molar refractivity (Wildman–Crippen MR) is 55.6 cm³/mol. The first-order valence-electron chi connectivity index (χ1n) is 4.64. The fourth-order valence-corrected chi connectivity index (χ4v) is 0.956. The number of nitrogens with zero attached hydrogens (tertiary/aromatic N) is 2. The van der Waals surface area contributed by atoms with Crippen LogP contribution in [-0.4, -0.2) is 49.9 Å². The number of carbonyl (C=O) groups is 1. The highest BCUT2D eigenvalue weighted by Gasteiger charge is 1.96. The predicted octanol–water partition coefficient (Wildman–Crippen LogP) is 0.973. The second kappa shape index (κ2) is 6.66. The molecule has 0 aliphatic rings. The van der Waals surface area contributed by atoms with Gasteiger partial charge in [-0.15, -0.1) is 0 Å². The summed E-state index contributed by atoms with van der Waals surface area (Å²) in [4.78, 5) is 14.8. The van der Waals surface area contributed by atoms with E-state index in [1.54, 1.807) is 25.1 Å². The molecule has 0 heterocycles. The summed E-state index contributed by atoms with van der Waals surface area (Å²) < 4.78 is 0. The molecule has 0 saturated heterocycles. The molecule has 0 aromatic rings. The molecule has 0 aliphatic carbocycles. The summed E-state index contributed by atoms with van der Waals surface area (Å²) in [5, 5.41) is 0. The largest absolute Gasteiger partial charge is 0.345 e. The highest BCUT2D eigenvalue weighted by Crippen LogP contribution is 1.88. The first kappa shape index (κ1) is 12.2. The summed E-state index contributed by atoms with van der Waals surface area (Å²) in [6.45, 7) is 4.05. The van der Waals surface area contributed by atoms with Gasteiger partial charge < -0.3 is 9.80 Å². The summed E-state index contributed by atoms with van der Waals surface area (Å²) in [5.41, 5.74) is 0. The van der Waals surface area contributed by atoms with E-state index in [1.165, 1.54) is 0 Å². The summed E-state index contributed by atoms with van der Waals surface area (Å²) >= 11 is 0. The van der Waals surface area contributed by atoms with Gasteiger partial charge in [0.05, 0.1) is 0 Å². The van der Waals surface area contributed by atoms with Gasteiger partial charge in [0.1, 0.15) is 0 Å². The summed E-state index contributed by atoms with van der Waals surface area (Å²) in [6, 6.07) is 0. The van der Waals surface area contributed by atoms with Crippen molar-refractivity contribution >= 4 is 5.91 Å². The van der Waals surface area contributed by atoms with E-state index in [2.05, 4.69) is 11.8 Å². The molecule has 13 heavy (non-hydrogen) atoms. The van der Waals surface area contributed by atoms with Crippen LogP contribution in [0.25, 0.3) is 0 Å². The molecule has 0 rings (SSSR count). The van der Waals surface area contributed by atoms with Crippen molar-refractivity contribution in [3.05, 3.63) is 12.2 Å². The van der Waals surface area contributed by atoms with Crippen LogP contribution in [0.1, 0.15) is 13.3 Å². The normalized spacial score (nSPS) is 11.2. The molecule has 0 aliphatic heterocycles. The van der Waals surface area contributed by atoms with Gasteiger partial charge in [-0.25, -0.2) is 0 Å². The van der Waals surface area contributed by atoms with Crippen LogP contribution in [-0.2, 0) is 4.79 Å². The average molecular weight is 184 g/mol. The molecule has 0 N–H and O–H groups in total. The number of likely N-dealkylation sites (N-methyl/N-ethyl adjacent to an activating group) is 2. The van der Waals surface area contributed by atoms with Gasteiger partial charge in [-0.3, -0.25) is 4.79 Å². The Hall–Kier alpha value is -0.830. The third kappa shape index (κ3) is 6.34. The molecule has 3 nitrogen and oxygen atoms in total. The minimum atomic E-state index is 0.0462. The van der Waals surface area contributed by atoms with Crippen LogP contribution in [0.4, 0.5) is 0 Å². The Labute approximate surface area is 81.0 Å². The maximum atomic E-state index is 11.1. The summed E-state index contributed by atoms with van der Waals surface area (Å²) in [6.07, 6.45) is 4.66. The van der Waals surface area contributed by atoms with Crippen LogP contribution in [0.5, 0.6) is 0 Å². The first-order chi connectivity index (χ1) is 6.07. The maximum Gasteiger partial charge on any atom is 0.245 e. The van der Waals surface area contributed by atoms with Crippen molar-refractivity contribution in [1.29, 1.82) is 0 Å². The number of amides is 1. The summed E-state index contributed by atoms with van der Waals surface area (Å²) in [5.74, 6) is 0.0462. The Bertz CT molecular complexity index is 176. The van der Waals surface area contributed by atoms with Gasteiger partial charge in [-0.05, 0) is 20.0 Å². The molecule has 3 heteroatoms. The zero-order valence-electron chi connectivity index (χ0n) is 9.08. The number of hydrogen-bond acceptors (Lipinski definition) is 2. The molecule has 0 atom stereocenters. The number of hydrogen-bond donors (Lipinski definition) is 0. The molecule has 1 amide bonds. The van der Waals surface area contributed by atoms with Gasteiger partial charge >= 0.3 is 0 Å². The van der Waals surface area contributed by atoms with Gasteiger partial charge in [0.2, 0.25) is 5.91 Å². The molecule has 0 aromatic carbocycles. The average Bonchev–Trinajstić information content (AvgIpc) is 2.04. The van der Waals surface area contributed by atoms with Crippen molar-refractivity contribution in [2.45, 2.75) is 13.3 Å². The number of carbonyl (C=O) groups excluding carboxylic acids is 1. The van der Waals surface area contributed by atoms with E-state index in [9.17, 15) is 4.79 Å². The minimum Gasteiger partial charge on any atom is -0.345 e. The summed E-state index contributed by atoms with van der Waals surface area (Å²) in [7, 11) is 5.55. The number of rotatable bonds is 5. The Kier molecular flexibility index (Phi) is 6.24. The second-order valence-corrected chi connectivity index (χ2v) is 3.40. The van der Waals surface area contributed by atoms with E-state index in [-0.39, 0.29) is 5.91 Å². The van der Waals surface area contributed by atoms with E-state index in [0.29, 0.717) is 0 Å². The standard InChI is InChI=1S/C10H20N2O/c1-5-8-12(4)9-6-7-10(13)11(2)3/h6-7H,5,8-9H2,1-4H3/b7-6+. The molecule has 0 spiro atoms. The lowest BCUT2D eigenvalue weighted by atomic mass is 10.4. The fourth-order valence-electron chi connectivity index (χ4n) is 0.956. The molecule has 0 bridgehead atoms. The quantitative estimate of drug-likeness (QED) is 0.594. The second-order valence-electron chi connectivity index (χ2n) is 3.40. The minimum absolute atomic E-state index is 0.0462. The van der Waals surface area contributed by atoms with Crippen molar-refractivity contribution in [2.75, 3.05) is 34.2 Å². The SMILES string of the molecule is CCCN(C)C/C=C/C(=O)N(C)C. The van der Waals surface area contributed by atoms with E-state index in [1.807, 2.05) is 13.1 Å². The van der Waals surface area contributed by atoms with Gasteiger partial charge in [-0.2, -0.15) is 0 Å². The lowest BCUT2D eigenvalue weighted by molar-refractivity contribution is -0.123. The van der Waals surface area contributed by atoms with Crippen molar-refractivity contribution < 1.29 is 4.79 Å². The van der Waals surface area contributed by atoms with Crippen molar-refractivity contribution in [2.24, 2.45) is 0 Å². The third-order valence-corrected chi connectivity index (χ3v) is 1.72. The Balaban J connectivity index is 3.68. The van der Waals surface area contributed by atoms with Crippen LogP contribution in [0.15, 0.2) is 12.2 Å². The Morgan fingerprint density at radius 2 is 1.92 bits per heavy atom. The molecule has 0 unspecified atom stereocenters. The van der Waals surface area contributed by atoms with Crippen LogP contribution < -0.4 is 0 Å². The molecule has 0 fully saturated rings. The van der Waals surface area contributed by atoms with E-state index < -0.39 is 0 Å². The lowest BCUT2D eigenvalue weighted by Crippen LogP contribution is -2.21. The Morgan fingerprint density at radius 1 is 1.31 bits per heavy atom. The van der Waals surface area contributed by atoms with Crippen molar-refractivity contribution in [3.63, 3.8) is 0 Å². The van der Waals surface area contributed by atoms with Gasteiger partial charge in [-0.1, -0.05) is 13.0 Å². The monoisotopic (exact) mass is 184 g/mol. The molecular formula is C10H20N2O.